The Morgan fingerprint density at radius 2 is 1.49 bits per heavy atom. The highest BCUT2D eigenvalue weighted by Gasteiger charge is 2.74. The fourth-order valence-electron chi connectivity index (χ4n) is 5.58. The molecule has 7 nitrogen and oxygen atoms in total. The minimum Gasteiger partial charge on any atom is -0.497 e. The van der Waals surface area contributed by atoms with Crippen molar-refractivity contribution in [3.8, 4) is 5.75 Å². The third kappa shape index (κ3) is 2.76. The van der Waals surface area contributed by atoms with Crippen LogP contribution in [-0.2, 0) is 14.3 Å². The summed E-state index contributed by atoms with van der Waals surface area (Å²) < 4.78 is 11.6. The van der Waals surface area contributed by atoms with E-state index in [-0.39, 0.29) is 11.1 Å². The van der Waals surface area contributed by atoms with E-state index in [0.717, 1.165) is 10.5 Å². The summed E-state index contributed by atoms with van der Waals surface area (Å²) in [7, 11) is 1.52. The Hall–Kier alpha value is -4.10. The molecule has 3 aromatic rings. The molecule has 2 amide bonds. The molecular formula is C28H21NO6. The maximum Gasteiger partial charge on any atom is 0.241 e. The summed E-state index contributed by atoms with van der Waals surface area (Å²) in [5.74, 6) is -4.05. The number of ether oxygens (including phenoxy) is 2. The van der Waals surface area contributed by atoms with Crippen LogP contribution in [0.4, 0.5) is 5.69 Å². The van der Waals surface area contributed by atoms with Crippen LogP contribution in [0.25, 0.3) is 0 Å². The van der Waals surface area contributed by atoms with Gasteiger partial charge in [0, 0.05) is 11.1 Å². The first kappa shape index (κ1) is 21.4. The Balaban J connectivity index is 1.54. The largest absolute Gasteiger partial charge is 0.497 e. The molecule has 0 radical (unpaired) electrons. The normalized spacial score (nSPS) is 24.3. The molecule has 2 fully saturated rings. The number of aryl methyl sites for hydroxylation is 1. The van der Waals surface area contributed by atoms with E-state index in [1.165, 1.54) is 7.11 Å². The van der Waals surface area contributed by atoms with Crippen molar-refractivity contribution in [3.05, 3.63) is 95.1 Å². The van der Waals surface area contributed by atoms with Crippen molar-refractivity contribution < 1.29 is 28.7 Å². The highest BCUT2D eigenvalue weighted by Crippen LogP contribution is 2.57. The number of ketones is 2. The van der Waals surface area contributed by atoms with Gasteiger partial charge in [-0.25, -0.2) is 4.90 Å². The molecular weight excluding hydrogens is 446 g/mol. The SMILES string of the molecule is COc1cccc([C@H]2OC3(C(=O)c4ccccc4C3=O)[C@H]3C(=O)N(c4ccc(C)cc4)C(=O)[C@@H]23)c1. The number of benzene rings is 3. The second kappa shape index (κ2) is 7.45. The van der Waals surface area contributed by atoms with Gasteiger partial charge in [0.2, 0.25) is 29.0 Å². The zero-order chi connectivity index (χ0) is 24.5. The zero-order valence-electron chi connectivity index (χ0n) is 19.1. The van der Waals surface area contributed by atoms with E-state index in [9.17, 15) is 19.2 Å². The zero-order valence-corrected chi connectivity index (χ0v) is 19.1. The van der Waals surface area contributed by atoms with Gasteiger partial charge in [0.15, 0.2) is 0 Å². The number of rotatable bonds is 3. The Bertz CT molecular complexity index is 1390. The molecule has 6 rings (SSSR count). The van der Waals surface area contributed by atoms with E-state index < -0.39 is 46.9 Å². The molecule has 7 heteroatoms. The maximum absolute atomic E-state index is 13.9. The number of carbonyl (C=O) groups excluding carboxylic acids is 4. The van der Waals surface area contributed by atoms with Gasteiger partial charge in [0.25, 0.3) is 0 Å². The second-order valence-electron chi connectivity index (χ2n) is 9.11. The molecule has 0 aromatic heterocycles. The predicted molar refractivity (Wildman–Crippen MR) is 125 cm³/mol. The quantitative estimate of drug-likeness (QED) is 0.431. The van der Waals surface area contributed by atoms with Gasteiger partial charge in [-0.15, -0.1) is 0 Å². The first-order valence-electron chi connectivity index (χ1n) is 11.3. The first-order valence-corrected chi connectivity index (χ1v) is 11.3. The van der Waals surface area contributed by atoms with E-state index in [1.54, 1.807) is 72.8 Å². The summed E-state index contributed by atoms with van der Waals surface area (Å²) in [6, 6.07) is 20.3. The molecule has 2 aliphatic heterocycles. The summed E-state index contributed by atoms with van der Waals surface area (Å²) in [6.07, 6.45) is -0.982. The van der Waals surface area contributed by atoms with Gasteiger partial charge < -0.3 is 9.47 Å². The average Bonchev–Trinajstić information content (AvgIpc) is 3.45. The number of imide groups is 1. The minimum absolute atomic E-state index is 0.205. The molecule has 2 saturated heterocycles. The van der Waals surface area contributed by atoms with Crippen LogP contribution in [0.3, 0.4) is 0 Å². The lowest BCUT2D eigenvalue weighted by Gasteiger charge is -2.27. The molecule has 3 aromatic carbocycles. The molecule has 0 unspecified atom stereocenters. The van der Waals surface area contributed by atoms with Crippen LogP contribution in [0.1, 0.15) is 37.9 Å². The monoisotopic (exact) mass is 467 g/mol. The highest BCUT2D eigenvalue weighted by molar-refractivity contribution is 6.37. The molecule has 0 saturated carbocycles. The first-order chi connectivity index (χ1) is 16.9. The van der Waals surface area contributed by atoms with Crippen LogP contribution >= 0.6 is 0 Å². The Kier molecular flexibility index (Phi) is 4.56. The number of amides is 2. The number of hydrogen-bond donors (Lipinski definition) is 0. The van der Waals surface area contributed by atoms with Crippen molar-refractivity contribution >= 4 is 29.1 Å². The number of carbonyl (C=O) groups is 4. The minimum atomic E-state index is -2.09. The molecule has 3 atom stereocenters. The van der Waals surface area contributed by atoms with Gasteiger partial charge in [-0.3, -0.25) is 19.2 Å². The summed E-state index contributed by atoms with van der Waals surface area (Å²) in [5.41, 5.74) is 0.246. The summed E-state index contributed by atoms with van der Waals surface area (Å²) in [4.78, 5) is 56.3. The lowest BCUT2D eigenvalue weighted by molar-refractivity contribution is -0.127. The Morgan fingerprint density at radius 1 is 0.829 bits per heavy atom. The van der Waals surface area contributed by atoms with E-state index in [0.29, 0.717) is 17.0 Å². The molecule has 174 valence electrons. The van der Waals surface area contributed by atoms with Crippen molar-refractivity contribution in [1.29, 1.82) is 0 Å². The third-order valence-corrected chi connectivity index (χ3v) is 7.23. The lowest BCUT2D eigenvalue weighted by Crippen LogP contribution is -2.51. The molecule has 1 spiro atoms. The van der Waals surface area contributed by atoms with Crippen molar-refractivity contribution in [2.75, 3.05) is 12.0 Å². The van der Waals surface area contributed by atoms with Gasteiger partial charge in [0.1, 0.15) is 5.75 Å². The summed E-state index contributed by atoms with van der Waals surface area (Å²) in [6.45, 7) is 1.90. The maximum atomic E-state index is 13.9. The number of Topliss-reactive ketones (excluding diaryl/α,β-unsaturated/α-hetero) is 2. The topological polar surface area (TPSA) is 90.0 Å². The average molecular weight is 467 g/mol. The summed E-state index contributed by atoms with van der Waals surface area (Å²) >= 11 is 0. The van der Waals surface area contributed by atoms with E-state index in [2.05, 4.69) is 0 Å². The number of methoxy groups -OCH3 is 1. The van der Waals surface area contributed by atoms with Crippen molar-refractivity contribution in [2.45, 2.75) is 18.6 Å². The van der Waals surface area contributed by atoms with Crippen molar-refractivity contribution in [1.82, 2.24) is 0 Å². The number of nitrogens with zero attached hydrogens (tertiary/aromatic N) is 1. The Labute approximate surface area is 201 Å². The van der Waals surface area contributed by atoms with Gasteiger partial charge >= 0.3 is 0 Å². The molecule has 35 heavy (non-hydrogen) atoms. The van der Waals surface area contributed by atoms with Gasteiger partial charge in [0.05, 0.1) is 30.7 Å². The van der Waals surface area contributed by atoms with Crippen molar-refractivity contribution in [2.24, 2.45) is 11.8 Å². The van der Waals surface area contributed by atoms with Crippen LogP contribution in [0.5, 0.6) is 5.75 Å². The molecule has 3 aliphatic rings. The van der Waals surface area contributed by atoms with Crippen LogP contribution in [0.2, 0.25) is 0 Å². The van der Waals surface area contributed by atoms with Crippen LogP contribution < -0.4 is 9.64 Å². The van der Waals surface area contributed by atoms with Crippen LogP contribution in [0, 0.1) is 18.8 Å². The third-order valence-electron chi connectivity index (χ3n) is 7.23. The fourth-order valence-corrected chi connectivity index (χ4v) is 5.58. The molecule has 1 aliphatic carbocycles. The van der Waals surface area contributed by atoms with E-state index in [1.807, 2.05) is 6.92 Å². The molecule has 0 N–H and O–H groups in total. The number of anilines is 1. The Morgan fingerprint density at radius 3 is 2.11 bits per heavy atom. The standard InChI is InChI=1S/C28H21NO6/c1-15-10-12-17(13-11-15)29-26(32)21-22(27(29)33)28(24(30)19-8-3-4-9-20(19)25(28)31)35-23(21)16-6-5-7-18(14-16)34-2/h3-14,21-23H,1-2H3/t21-,22-,23-/m1/s1. The second-order valence-corrected chi connectivity index (χ2v) is 9.11. The predicted octanol–water partition coefficient (Wildman–Crippen LogP) is 3.70. The van der Waals surface area contributed by atoms with Crippen LogP contribution in [-0.4, -0.2) is 36.1 Å². The van der Waals surface area contributed by atoms with Gasteiger partial charge in [-0.2, -0.15) is 0 Å². The summed E-state index contributed by atoms with van der Waals surface area (Å²) in [5, 5.41) is 0. The van der Waals surface area contributed by atoms with Crippen molar-refractivity contribution in [3.63, 3.8) is 0 Å². The lowest BCUT2D eigenvalue weighted by atomic mass is 9.77. The van der Waals surface area contributed by atoms with E-state index in [4.69, 9.17) is 9.47 Å². The smallest absolute Gasteiger partial charge is 0.241 e. The van der Waals surface area contributed by atoms with Gasteiger partial charge in [-0.1, -0.05) is 54.1 Å². The number of fused-ring (bicyclic) bond motifs is 3. The van der Waals surface area contributed by atoms with Crippen LogP contribution in [0.15, 0.2) is 72.8 Å². The van der Waals surface area contributed by atoms with E-state index >= 15 is 0 Å². The number of hydrogen-bond acceptors (Lipinski definition) is 6. The fraction of sp³-hybridized carbons (Fsp3) is 0.214. The van der Waals surface area contributed by atoms with Gasteiger partial charge in [-0.05, 0) is 36.8 Å². The highest BCUT2D eigenvalue weighted by atomic mass is 16.5. The molecule has 2 heterocycles. The molecule has 0 bridgehead atoms.